The first-order valence-corrected chi connectivity index (χ1v) is 7.36. The van der Waals surface area contributed by atoms with Crippen molar-refractivity contribution in [2.75, 3.05) is 26.3 Å². The van der Waals surface area contributed by atoms with Gasteiger partial charge in [-0.2, -0.15) is 4.31 Å². The van der Waals surface area contributed by atoms with Gasteiger partial charge in [0.1, 0.15) is 0 Å². The third kappa shape index (κ3) is 2.40. The normalized spacial score (nSPS) is 29.7. The molecular weight excluding hydrogens is 230 g/mol. The van der Waals surface area contributed by atoms with E-state index in [0.29, 0.717) is 19.7 Å². The topological polar surface area (TPSA) is 66.8 Å². The van der Waals surface area contributed by atoms with Gasteiger partial charge in [-0.15, -0.1) is 0 Å². The number of hydrogen-bond donors (Lipinski definition) is 1. The molecule has 1 atom stereocenters. The molecule has 2 aliphatic rings. The molecule has 6 heteroatoms. The van der Waals surface area contributed by atoms with E-state index in [2.05, 4.69) is 0 Å². The highest BCUT2D eigenvalue weighted by molar-refractivity contribution is 7.89. The van der Waals surface area contributed by atoms with Gasteiger partial charge in [-0.05, 0) is 12.8 Å². The van der Waals surface area contributed by atoms with Crippen LogP contribution in [0, 0.1) is 0 Å². The molecule has 1 saturated carbocycles. The lowest BCUT2D eigenvalue weighted by atomic mass is 10.3. The van der Waals surface area contributed by atoms with Crippen molar-refractivity contribution in [2.24, 2.45) is 0 Å². The fourth-order valence-corrected chi connectivity index (χ4v) is 4.48. The lowest BCUT2D eigenvalue weighted by Gasteiger charge is -2.32. The van der Waals surface area contributed by atoms with Gasteiger partial charge in [-0.3, -0.25) is 0 Å². The van der Waals surface area contributed by atoms with Crippen molar-refractivity contribution in [3.63, 3.8) is 0 Å². The Balaban J connectivity index is 2.04. The van der Waals surface area contributed by atoms with E-state index in [0.717, 1.165) is 25.7 Å². The van der Waals surface area contributed by atoms with Gasteiger partial charge in [0.15, 0.2) is 0 Å². The van der Waals surface area contributed by atoms with Crippen molar-refractivity contribution in [2.45, 2.75) is 37.0 Å². The Bertz CT molecular complexity index is 324. The molecule has 2 fully saturated rings. The SMILES string of the molecule is O=S(=O)(C1CCCC1)N1CCOC(CO)C1. The Morgan fingerprint density at radius 3 is 2.62 bits per heavy atom. The zero-order valence-electron chi connectivity index (χ0n) is 9.34. The van der Waals surface area contributed by atoms with Gasteiger partial charge in [-0.25, -0.2) is 8.42 Å². The Morgan fingerprint density at radius 2 is 2.00 bits per heavy atom. The first-order valence-electron chi connectivity index (χ1n) is 5.86. The van der Waals surface area contributed by atoms with E-state index in [1.165, 1.54) is 4.31 Å². The molecule has 1 unspecified atom stereocenters. The largest absolute Gasteiger partial charge is 0.394 e. The van der Waals surface area contributed by atoms with Gasteiger partial charge in [0, 0.05) is 13.1 Å². The first kappa shape index (κ1) is 12.3. The zero-order chi connectivity index (χ0) is 11.6. The number of ether oxygens (including phenoxy) is 1. The second-order valence-electron chi connectivity index (χ2n) is 4.48. The molecular formula is C10H19NO4S. The van der Waals surface area contributed by atoms with E-state index in [1.54, 1.807) is 0 Å². The molecule has 5 nitrogen and oxygen atoms in total. The molecule has 1 heterocycles. The summed E-state index contributed by atoms with van der Waals surface area (Å²) in [6.07, 6.45) is 3.23. The van der Waals surface area contributed by atoms with Crippen molar-refractivity contribution in [3.05, 3.63) is 0 Å². The van der Waals surface area contributed by atoms with E-state index >= 15 is 0 Å². The van der Waals surface area contributed by atoms with Crippen molar-refractivity contribution in [3.8, 4) is 0 Å². The molecule has 0 aromatic heterocycles. The summed E-state index contributed by atoms with van der Waals surface area (Å²) in [4.78, 5) is 0. The summed E-state index contributed by atoms with van der Waals surface area (Å²) in [5.74, 6) is 0. The third-order valence-corrected chi connectivity index (χ3v) is 5.75. The molecule has 1 saturated heterocycles. The molecule has 1 N–H and O–H groups in total. The van der Waals surface area contributed by atoms with Crippen molar-refractivity contribution < 1.29 is 18.3 Å². The molecule has 2 rings (SSSR count). The Hall–Kier alpha value is -0.170. The van der Waals surface area contributed by atoms with E-state index in [4.69, 9.17) is 9.84 Å². The molecule has 0 radical (unpaired) electrons. The van der Waals surface area contributed by atoms with Crippen LogP contribution in [0.4, 0.5) is 0 Å². The minimum atomic E-state index is -3.16. The summed E-state index contributed by atoms with van der Waals surface area (Å²) in [7, 11) is -3.16. The lowest BCUT2D eigenvalue weighted by molar-refractivity contribution is -0.0306. The molecule has 94 valence electrons. The monoisotopic (exact) mass is 249 g/mol. The van der Waals surface area contributed by atoms with Gasteiger partial charge in [0.2, 0.25) is 10.0 Å². The number of sulfonamides is 1. The summed E-state index contributed by atoms with van der Waals surface area (Å²) >= 11 is 0. The van der Waals surface area contributed by atoms with Crippen LogP contribution in [0.5, 0.6) is 0 Å². The summed E-state index contributed by atoms with van der Waals surface area (Å²) in [5, 5.41) is 8.79. The van der Waals surface area contributed by atoms with Crippen LogP contribution in [0.1, 0.15) is 25.7 Å². The smallest absolute Gasteiger partial charge is 0.217 e. The Morgan fingerprint density at radius 1 is 1.31 bits per heavy atom. The van der Waals surface area contributed by atoms with E-state index in [9.17, 15) is 8.42 Å². The number of aliphatic hydroxyl groups is 1. The van der Waals surface area contributed by atoms with Gasteiger partial charge in [0.05, 0.1) is 24.6 Å². The van der Waals surface area contributed by atoms with Crippen LogP contribution in [0.15, 0.2) is 0 Å². The van der Waals surface area contributed by atoms with Crippen molar-refractivity contribution >= 4 is 10.0 Å². The maximum absolute atomic E-state index is 12.2. The molecule has 1 aliphatic heterocycles. The summed E-state index contributed by atoms with van der Waals surface area (Å²) in [6, 6.07) is 0. The minimum absolute atomic E-state index is 0.114. The van der Waals surface area contributed by atoms with Crippen molar-refractivity contribution in [1.29, 1.82) is 0 Å². The third-order valence-electron chi connectivity index (χ3n) is 3.39. The fourth-order valence-electron chi connectivity index (χ4n) is 2.43. The van der Waals surface area contributed by atoms with E-state index in [-0.39, 0.29) is 18.0 Å². The van der Waals surface area contributed by atoms with Crippen LogP contribution in [-0.4, -0.2) is 55.5 Å². The molecule has 16 heavy (non-hydrogen) atoms. The lowest BCUT2D eigenvalue weighted by Crippen LogP contribution is -2.49. The first-order chi connectivity index (χ1) is 7.64. The summed E-state index contributed by atoms with van der Waals surface area (Å²) in [6.45, 7) is 0.999. The molecule has 0 spiro atoms. The summed E-state index contributed by atoms with van der Waals surface area (Å²) in [5.41, 5.74) is 0. The van der Waals surface area contributed by atoms with Crippen LogP contribution in [0.2, 0.25) is 0 Å². The number of aliphatic hydroxyl groups excluding tert-OH is 1. The highest BCUT2D eigenvalue weighted by Crippen LogP contribution is 2.27. The molecule has 1 aliphatic carbocycles. The highest BCUT2D eigenvalue weighted by atomic mass is 32.2. The van der Waals surface area contributed by atoms with Crippen LogP contribution >= 0.6 is 0 Å². The standard InChI is InChI=1S/C10H19NO4S/c12-8-9-7-11(5-6-15-9)16(13,14)10-3-1-2-4-10/h9-10,12H,1-8H2. The summed E-state index contributed by atoms with van der Waals surface area (Å²) < 4.78 is 31.2. The zero-order valence-corrected chi connectivity index (χ0v) is 10.2. The second-order valence-corrected chi connectivity index (χ2v) is 6.70. The van der Waals surface area contributed by atoms with Crippen LogP contribution in [0.25, 0.3) is 0 Å². The van der Waals surface area contributed by atoms with Crippen LogP contribution in [0.3, 0.4) is 0 Å². The van der Waals surface area contributed by atoms with Crippen LogP contribution in [-0.2, 0) is 14.8 Å². The number of hydrogen-bond acceptors (Lipinski definition) is 4. The molecule has 0 aromatic rings. The predicted molar refractivity (Wildman–Crippen MR) is 59.6 cm³/mol. The maximum atomic E-state index is 12.2. The van der Waals surface area contributed by atoms with Crippen LogP contribution < -0.4 is 0 Å². The van der Waals surface area contributed by atoms with Gasteiger partial charge >= 0.3 is 0 Å². The maximum Gasteiger partial charge on any atom is 0.217 e. The fraction of sp³-hybridized carbons (Fsp3) is 1.00. The molecule has 0 aromatic carbocycles. The number of nitrogens with zero attached hydrogens (tertiary/aromatic N) is 1. The predicted octanol–water partition coefficient (Wildman–Crippen LogP) is -0.0481. The van der Waals surface area contributed by atoms with Gasteiger partial charge in [-0.1, -0.05) is 12.8 Å². The number of morpholine rings is 1. The van der Waals surface area contributed by atoms with E-state index < -0.39 is 10.0 Å². The quantitative estimate of drug-likeness (QED) is 0.761. The minimum Gasteiger partial charge on any atom is -0.394 e. The highest BCUT2D eigenvalue weighted by Gasteiger charge is 2.36. The Kier molecular flexibility index (Phi) is 3.84. The van der Waals surface area contributed by atoms with Gasteiger partial charge in [0.25, 0.3) is 0 Å². The number of rotatable bonds is 3. The van der Waals surface area contributed by atoms with Gasteiger partial charge < -0.3 is 9.84 Å². The Labute approximate surface area is 96.4 Å². The molecule has 0 amide bonds. The van der Waals surface area contributed by atoms with E-state index in [1.807, 2.05) is 0 Å². The second kappa shape index (κ2) is 5.00. The average molecular weight is 249 g/mol. The average Bonchev–Trinajstić information content (AvgIpc) is 2.83. The van der Waals surface area contributed by atoms with Crippen molar-refractivity contribution in [1.82, 2.24) is 4.31 Å². The molecule has 0 bridgehead atoms.